The summed E-state index contributed by atoms with van der Waals surface area (Å²) >= 11 is 0. The molecule has 1 saturated carbocycles. The number of piperidine rings is 1. The SMILES string of the molecule is CC1(C)C2C(=O)N(CCOc3cccc(CN)c3)C(=O)C21. The van der Waals surface area contributed by atoms with Gasteiger partial charge in [-0.05, 0) is 23.1 Å². The Bertz CT molecular complexity index is 573. The number of nitrogens with two attached hydrogens (primary N) is 1. The third kappa shape index (κ3) is 2.21. The highest BCUT2D eigenvalue weighted by Crippen LogP contribution is 2.63. The molecule has 2 aliphatic rings. The lowest BCUT2D eigenvalue weighted by Gasteiger charge is -2.20. The maximum atomic E-state index is 12.1. The van der Waals surface area contributed by atoms with Gasteiger partial charge in [0, 0.05) is 6.54 Å². The van der Waals surface area contributed by atoms with Crippen molar-refractivity contribution in [2.75, 3.05) is 13.2 Å². The van der Waals surface area contributed by atoms with E-state index in [2.05, 4.69) is 0 Å². The largest absolute Gasteiger partial charge is 0.492 e. The van der Waals surface area contributed by atoms with Gasteiger partial charge in [0.15, 0.2) is 0 Å². The number of amides is 2. The van der Waals surface area contributed by atoms with Crippen molar-refractivity contribution in [1.29, 1.82) is 0 Å². The molecule has 0 aromatic heterocycles. The van der Waals surface area contributed by atoms with E-state index in [1.54, 1.807) is 0 Å². The van der Waals surface area contributed by atoms with E-state index >= 15 is 0 Å². The first kappa shape index (κ1) is 14.1. The zero-order chi connectivity index (χ0) is 15.2. The highest BCUT2D eigenvalue weighted by atomic mass is 16.5. The maximum absolute atomic E-state index is 12.1. The molecule has 1 heterocycles. The van der Waals surface area contributed by atoms with E-state index in [9.17, 15) is 9.59 Å². The maximum Gasteiger partial charge on any atom is 0.233 e. The second-order valence-corrected chi connectivity index (χ2v) is 6.30. The first-order valence-electron chi connectivity index (χ1n) is 7.24. The summed E-state index contributed by atoms with van der Waals surface area (Å²) in [7, 11) is 0. The number of likely N-dealkylation sites (tertiary alicyclic amines) is 1. The Morgan fingerprint density at radius 1 is 1.24 bits per heavy atom. The van der Waals surface area contributed by atoms with Gasteiger partial charge in [0.25, 0.3) is 0 Å². The molecule has 2 unspecified atom stereocenters. The molecule has 0 radical (unpaired) electrons. The summed E-state index contributed by atoms with van der Waals surface area (Å²) in [6.45, 7) is 5.03. The molecule has 112 valence electrons. The quantitative estimate of drug-likeness (QED) is 0.825. The van der Waals surface area contributed by atoms with E-state index in [-0.39, 0.29) is 29.1 Å². The molecule has 1 aromatic rings. The highest BCUT2D eigenvalue weighted by Gasteiger charge is 2.72. The first-order chi connectivity index (χ1) is 9.96. The van der Waals surface area contributed by atoms with Gasteiger partial charge in [0.1, 0.15) is 12.4 Å². The second kappa shape index (κ2) is 4.84. The zero-order valence-corrected chi connectivity index (χ0v) is 12.3. The van der Waals surface area contributed by atoms with Crippen molar-refractivity contribution in [1.82, 2.24) is 4.90 Å². The van der Waals surface area contributed by atoms with Crippen molar-refractivity contribution in [3.63, 3.8) is 0 Å². The molecule has 21 heavy (non-hydrogen) atoms. The molecular formula is C16H20N2O3. The highest BCUT2D eigenvalue weighted by molar-refractivity contribution is 6.10. The fraction of sp³-hybridized carbons (Fsp3) is 0.500. The monoisotopic (exact) mass is 288 g/mol. The molecule has 1 saturated heterocycles. The van der Waals surface area contributed by atoms with Crippen LogP contribution in [0.25, 0.3) is 0 Å². The lowest BCUT2D eigenvalue weighted by Crippen LogP contribution is -2.38. The second-order valence-electron chi connectivity index (χ2n) is 6.30. The van der Waals surface area contributed by atoms with Crippen molar-refractivity contribution in [2.45, 2.75) is 20.4 Å². The number of imide groups is 1. The average Bonchev–Trinajstić information content (AvgIpc) is 2.94. The summed E-state index contributed by atoms with van der Waals surface area (Å²) < 4.78 is 5.61. The molecule has 2 atom stereocenters. The van der Waals surface area contributed by atoms with E-state index < -0.39 is 0 Å². The van der Waals surface area contributed by atoms with Crippen LogP contribution in [0.3, 0.4) is 0 Å². The first-order valence-corrected chi connectivity index (χ1v) is 7.24. The van der Waals surface area contributed by atoms with Gasteiger partial charge < -0.3 is 10.5 Å². The molecule has 5 nitrogen and oxygen atoms in total. The van der Waals surface area contributed by atoms with E-state index in [0.717, 1.165) is 5.56 Å². The molecule has 0 spiro atoms. The van der Waals surface area contributed by atoms with E-state index in [1.807, 2.05) is 38.1 Å². The van der Waals surface area contributed by atoms with E-state index in [0.29, 0.717) is 25.4 Å². The molecular weight excluding hydrogens is 268 g/mol. The number of hydrogen-bond acceptors (Lipinski definition) is 4. The van der Waals surface area contributed by atoms with Gasteiger partial charge in [-0.3, -0.25) is 14.5 Å². The predicted molar refractivity (Wildman–Crippen MR) is 77.3 cm³/mol. The van der Waals surface area contributed by atoms with Gasteiger partial charge in [-0.2, -0.15) is 0 Å². The van der Waals surface area contributed by atoms with Gasteiger partial charge in [-0.1, -0.05) is 26.0 Å². The Labute approximate surface area is 124 Å². The van der Waals surface area contributed by atoms with Gasteiger partial charge in [-0.25, -0.2) is 0 Å². The van der Waals surface area contributed by atoms with Gasteiger partial charge >= 0.3 is 0 Å². The van der Waals surface area contributed by atoms with Crippen molar-refractivity contribution >= 4 is 11.8 Å². The van der Waals surface area contributed by atoms with Crippen LogP contribution in [0, 0.1) is 17.3 Å². The Morgan fingerprint density at radius 3 is 2.52 bits per heavy atom. The molecule has 2 amide bonds. The fourth-order valence-electron chi connectivity index (χ4n) is 3.24. The van der Waals surface area contributed by atoms with Crippen LogP contribution >= 0.6 is 0 Å². The molecule has 1 aromatic carbocycles. The lowest BCUT2D eigenvalue weighted by molar-refractivity contribution is -0.143. The molecule has 1 aliphatic carbocycles. The van der Waals surface area contributed by atoms with E-state index in [1.165, 1.54) is 4.90 Å². The minimum absolute atomic E-state index is 0.0469. The number of rotatable bonds is 5. The van der Waals surface area contributed by atoms with Crippen molar-refractivity contribution in [3.8, 4) is 5.75 Å². The standard InChI is InChI=1S/C16H20N2O3/c1-16(2)12-13(16)15(20)18(14(12)19)6-7-21-11-5-3-4-10(8-11)9-17/h3-5,8,12-13H,6-7,9,17H2,1-2H3. The average molecular weight is 288 g/mol. The molecule has 5 heteroatoms. The zero-order valence-electron chi connectivity index (χ0n) is 12.3. The van der Waals surface area contributed by atoms with Crippen LogP contribution in [-0.2, 0) is 16.1 Å². The number of ether oxygens (including phenoxy) is 1. The molecule has 2 fully saturated rings. The van der Waals surface area contributed by atoms with Crippen molar-refractivity contribution in [2.24, 2.45) is 23.0 Å². The van der Waals surface area contributed by atoms with Crippen LogP contribution < -0.4 is 10.5 Å². The number of benzene rings is 1. The summed E-state index contributed by atoms with van der Waals surface area (Å²) in [4.78, 5) is 25.6. The van der Waals surface area contributed by atoms with Crippen LogP contribution in [0.2, 0.25) is 0 Å². The predicted octanol–water partition coefficient (Wildman–Crippen LogP) is 1.17. The summed E-state index contributed by atoms with van der Waals surface area (Å²) in [6.07, 6.45) is 0. The van der Waals surface area contributed by atoms with Crippen LogP contribution in [0.1, 0.15) is 19.4 Å². The minimum Gasteiger partial charge on any atom is -0.492 e. The van der Waals surface area contributed by atoms with Gasteiger partial charge in [-0.15, -0.1) is 0 Å². The van der Waals surface area contributed by atoms with Gasteiger partial charge in [0.2, 0.25) is 11.8 Å². The van der Waals surface area contributed by atoms with Gasteiger partial charge in [0.05, 0.1) is 18.4 Å². The topological polar surface area (TPSA) is 72.6 Å². The van der Waals surface area contributed by atoms with Crippen LogP contribution in [0.4, 0.5) is 0 Å². The Hall–Kier alpha value is -1.88. The summed E-state index contributed by atoms with van der Waals surface area (Å²) in [5, 5.41) is 0. The minimum atomic E-state index is -0.152. The number of hydrogen-bond donors (Lipinski definition) is 1. The third-order valence-corrected chi connectivity index (χ3v) is 4.61. The van der Waals surface area contributed by atoms with Crippen LogP contribution in [-0.4, -0.2) is 29.9 Å². The van der Waals surface area contributed by atoms with Crippen LogP contribution in [0.5, 0.6) is 5.75 Å². The Morgan fingerprint density at radius 2 is 1.90 bits per heavy atom. The van der Waals surface area contributed by atoms with Crippen molar-refractivity contribution < 1.29 is 14.3 Å². The Balaban J connectivity index is 1.55. The number of nitrogens with zero attached hydrogens (tertiary/aromatic N) is 1. The fourth-order valence-corrected chi connectivity index (χ4v) is 3.24. The molecule has 3 rings (SSSR count). The molecule has 0 bridgehead atoms. The summed E-state index contributed by atoms with van der Waals surface area (Å²) in [5.41, 5.74) is 6.41. The van der Waals surface area contributed by atoms with Crippen molar-refractivity contribution in [3.05, 3.63) is 29.8 Å². The molecule has 2 N–H and O–H groups in total. The lowest BCUT2D eigenvalue weighted by atomic mass is 10.1. The Kier molecular flexibility index (Phi) is 3.24. The molecule has 1 aliphatic heterocycles. The number of carbonyl (C=O) groups excluding carboxylic acids is 2. The number of carbonyl (C=O) groups is 2. The van der Waals surface area contributed by atoms with E-state index in [4.69, 9.17) is 10.5 Å². The van der Waals surface area contributed by atoms with Crippen LogP contribution in [0.15, 0.2) is 24.3 Å². The summed E-state index contributed by atoms with van der Waals surface area (Å²) in [5.74, 6) is 0.377. The third-order valence-electron chi connectivity index (χ3n) is 4.61. The normalized spacial score (nSPS) is 26.0. The number of fused-ring (bicyclic) bond motifs is 1. The smallest absolute Gasteiger partial charge is 0.233 e. The summed E-state index contributed by atoms with van der Waals surface area (Å²) in [6, 6.07) is 7.51.